The number of aromatic nitrogens is 4. The second-order valence-corrected chi connectivity index (χ2v) is 9.71. The monoisotopic (exact) mass is 488 g/mol. The van der Waals surface area contributed by atoms with E-state index >= 15 is 0 Å². The Morgan fingerprint density at radius 3 is 2.94 bits per heavy atom. The zero-order chi connectivity index (χ0) is 23.9. The Labute approximate surface area is 204 Å². The van der Waals surface area contributed by atoms with Gasteiger partial charge in [-0.25, -0.2) is 4.79 Å². The Morgan fingerprint density at radius 1 is 1.20 bits per heavy atom. The van der Waals surface area contributed by atoms with E-state index < -0.39 is 5.63 Å². The van der Waals surface area contributed by atoms with Gasteiger partial charge in [-0.05, 0) is 43.5 Å². The van der Waals surface area contributed by atoms with Gasteiger partial charge in [-0.15, -0.1) is 10.2 Å². The van der Waals surface area contributed by atoms with Crippen molar-refractivity contribution in [2.75, 3.05) is 6.61 Å². The smallest absolute Gasteiger partial charge is 0.336 e. The molecule has 35 heavy (non-hydrogen) atoms. The first-order valence-electron chi connectivity index (χ1n) is 11.6. The number of aromatic amines is 1. The number of ether oxygens (including phenoxy) is 1. The highest BCUT2D eigenvalue weighted by Gasteiger charge is 2.23. The van der Waals surface area contributed by atoms with Crippen molar-refractivity contribution in [2.45, 2.75) is 43.3 Å². The summed E-state index contributed by atoms with van der Waals surface area (Å²) >= 11 is 1.52. The number of fused-ring (bicyclic) bond motifs is 2. The van der Waals surface area contributed by atoms with Crippen LogP contribution in [-0.4, -0.2) is 37.6 Å². The molecule has 0 aliphatic carbocycles. The number of para-hydroxylation sites is 1. The van der Waals surface area contributed by atoms with Crippen molar-refractivity contribution in [3.05, 3.63) is 70.2 Å². The quantitative estimate of drug-likeness (QED) is 0.255. The van der Waals surface area contributed by atoms with Crippen LogP contribution in [0.2, 0.25) is 0 Å². The van der Waals surface area contributed by atoms with Gasteiger partial charge in [0.15, 0.2) is 11.0 Å². The molecule has 0 radical (unpaired) electrons. The van der Waals surface area contributed by atoms with Gasteiger partial charge in [-0.1, -0.05) is 30.0 Å². The molecule has 9 heteroatoms. The Morgan fingerprint density at radius 2 is 2.09 bits per heavy atom. The maximum atomic E-state index is 12.2. The van der Waals surface area contributed by atoms with Crippen LogP contribution in [0.4, 0.5) is 0 Å². The Kier molecular flexibility index (Phi) is 5.58. The molecule has 0 bridgehead atoms. The Hall–Kier alpha value is -3.56. The lowest BCUT2D eigenvalue weighted by atomic mass is 10.1. The number of aryl methyl sites for hydroxylation is 1. The van der Waals surface area contributed by atoms with E-state index in [0.717, 1.165) is 57.8 Å². The molecule has 1 saturated heterocycles. The molecule has 1 aliphatic rings. The van der Waals surface area contributed by atoms with Crippen LogP contribution >= 0.6 is 11.8 Å². The lowest BCUT2D eigenvalue weighted by Crippen LogP contribution is -2.16. The maximum absolute atomic E-state index is 12.2. The molecule has 178 valence electrons. The van der Waals surface area contributed by atoms with Crippen LogP contribution < -0.4 is 5.63 Å². The first-order valence-corrected chi connectivity index (χ1v) is 12.6. The largest absolute Gasteiger partial charge is 0.508 e. The lowest BCUT2D eigenvalue weighted by Gasteiger charge is -2.15. The summed E-state index contributed by atoms with van der Waals surface area (Å²) in [6.07, 6.45) is 4.14. The number of phenols is 1. The lowest BCUT2D eigenvalue weighted by molar-refractivity contribution is 0.0953. The summed E-state index contributed by atoms with van der Waals surface area (Å²) in [7, 11) is 0. The number of hydrogen-bond acceptors (Lipinski definition) is 7. The summed E-state index contributed by atoms with van der Waals surface area (Å²) in [6, 6.07) is 13.1. The molecular formula is C26H24N4O4S. The van der Waals surface area contributed by atoms with Crippen LogP contribution in [0.15, 0.2) is 63.0 Å². The van der Waals surface area contributed by atoms with Gasteiger partial charge in [0, 0.05) is 52.0 Å². The average Bonchev–Trinajstić information content (AvgIpc) is 3.61. The number of nitrogens with zero attached hydrogens (tertiary/aromatic N) is 3. The summed E-state index contributed by atoms with van der Waals surface area (Å²) in [5.74, 6) is 1.40. The number of rotatable bonds is 6. The van der Waals surface area contributed by atoms with Crippen molar-refractivity contribution in [1.82, 2.24) is 19.7 Å². The number of hydrogen-bond donors (Lipinski definition) is 2. The number of aromatic hydroxyl groups is 1. The standard InChI is InChI=1S/C26H24N4O4S/c1-15-22(31)9-8-18-16(11-23(32)34-24(15)18)14-35-26-29-28-25(30(26)13-17-5-4-10-33-17)20-12-27-21-7-3-2-6-19(20)21/h2-3,6-9,11-12,17,27,31H,4-5,10,13-14H2,1H3. The minimum absolute atomic E-state index is 0.102. The molecule has 1 unspecified atom stereocenters. The molecule has 3 aromatic heterocycles. The molecule has 4 heterocycles. The van der Waals surface area contributed by atoms with Crippen molar-refractivity contribution < 1.29 is 14.3 Å². The van der Waals surface area contributed by atoms with E-state index in [1.807, 2.05) is 24.4 Å². The first-order chi connectivity index (χ1) is 17.1. The highest BCUT2D eigenvalue weighted by Crippen LogP contribution is 2.34. The topological polar surface area (TPSA) is 106 Å². The van der Waals surface area contributed by atoms with Gasteiger partial charge in [0.1, 0.15) is 11.3 Å². The third kappa shape index (κ3) is 4.00. The molecule has 0 amide bonds. The predicted octanol–water partition coefficient (Wildman–Crippen LogP) is 5.02. The highest BCUT2D eigenvalue weighted by molar-refractivity contribution is 7.98. The van der Waals surface area contributed by atoms with Gasteiger partial charge in [0.05, 0.1) is 12.6 Å². The van der Waals surface area contributed by atoms with Crippen molar-refractivity contribution in [2.24, 2.45) is 0 Å². The molecule has 1 aliphatic heterocycles. The molecule has 0 saturated carbocycles. The van der Waals surface area contributed by atoms with Crippen LogP contribution in [0.5, 0.6) is 5.75 Å². The first kappa shape index (κ1) is 21.9. The summed E-state index contributed by atoms with van der Waals surface area (Å²) in [5.41, 5.74) is 3.38. The van der Waals surface area contributed by atoms with Crippen LogP contribution in [-0.2, 0) is 17.0 Å². The number of benzene rings is 2. The number of nitrogens with one attached hydrogen (secondary N) is 1. The van der Waals surface area contributed by atoms with Crippen LogP contribution in [0.25, 0.3) is 33.3 Å². The van der Waals surface area contributed by atoms with Gasteiger partial charge < -0.3 is 19.2 Å². The molecular weight excluding hydrogens is 464 g/mol. The molecule has 1 fully saturated rings. The maximum Gasteiger partial charge on any atom is 0.336 e. The van der Waals surface area contributed by atoms with Crippen molar-refractivity contribution in [1.29, 1.82) is 0 Å². The van der Waals surface area contributed by atoms with Crippen molar-refractivity contribution in [3.63, 3.8) is 0 Å². The number of H-pyrrole nitrogens is 1. The molecule has 1 atom stereocenters. The summed E-state index contributed by atoms with van der Waals surface area (Å²) < 4.78 is 13.5. The fourth-order valence-corrected chi connectivity index (χ4v) is 5.62. The zero-order valence-electron chi connectivity index (χ0n) is 19.2. The van der Waals surface area contributed by atoms with Gasteiger partial charge in [0.2, 0.25) is 0 Å². The molecule has 0 spiro atoms. The second-order valence-electron chi connectivity index (χ2n) is 8.77. The fraction of sp³-hybridized carbons (Fsp3) is 0.269. The van der Waals surface area contributed by atoms with E-state index in [1.165, 1.54) is 17.8 Å². The molecule has 6 rings (SSSR count). The summed E-state index contributed by atoms with van der Waals surface area (Å²) in [6.45, 7) is 3.17. The van der Waals surface area contributed by atoms with Crippen molar-refractivity contribution >= 4 is 33.6 Å². The van der Waals surface area contributed by atoms with Crippen LogP contribution in [0.3, 0.4) is 0 Å². The number of thioether (sulfide) groups is 1. The average molecular weight is 489 g/mol. The fourth-order valence-electron chi connectivity index (χ4n) is 4.69. The normalized spacial score (nSPS) is 16.0. The van der Waals surface area contributed by atoms with E-state index in [1.54, 1.807) is 19.1 Å². The second kappa shape index (κ2) is 8.90. The van der Waals surface area contributed by atoms with Gasteiger partial charge in [0.25, 0.3) is 0 Å². The number of phenolic OH excluding ortho intramolecular Hbond substituents is 1. The molecule has 8 nitrogen and oxygen atoms in total. The summed E-state index contributed by atoms with van der Waals surface area (Å²) in [5, 5.41) is 21.8. The summed E-state index contributed by atoms with van der Waals surface area (Å²) in [4.78, 5) is 15.6. The van der Waals surface area contributed by atoms with Crippen molar-refractivity contribution in [3.8, 4) is 17.1 Å². The highest BCUT2D eigenvalue weighted by atomic mass is 32.2. The zero-order valence-corrected chi connectivity index (χ0v) is 20.0. The Bertz CT molecular complexity index is 1600. The molecule has 5 aromatic rings. The third-order valence-electron chi connectivity index (χ3n) is 6.53. The molecule has 2 aromatic carbocycles. The van der Waals surface area contributed by atoms with E-state index in [9.17, 15) is 9.90 Å². The van der Waals surface area contributed by atoms with E-state index in [0.29, 0.717) is 23.4 Å². The van der Waals surface area contributed by atoms with Gasteiger partial charge in [-0.3, -0.25) is 4.57 Å². The van der Waals surface area contributed by atoms with E-state index in [4.69, 9.17) is 9.15 Å². The van der Waals surface area contributed by atoms with Crippen LogP contribution in [0, 0.1) is 6.92 Å². The predicted molar refractivity (Wildman–Crippen MR) is 135 cm³/mol. The SMILES string of the molecule is Cc1c(O)ccc2c(CSc3nnc(-c4c[nH]c5ccccc45)n3CC3CCCO3)cc(=O)oc12. The van der Waals surface area contributed by atoms with Gasteiger partial charge in [-0.2, -0.15) is 0 Å². The van der Waals surface area contributed by atoms with Crippen LogP contribution in [0.1, 0.15) is 24.0 Å². The van der Waals surface area contributed by atoms with Gasteiger partial charge >= 0.3 is 5.63 Å². The minimum atomic E-state index is -0.442. The Balaban J connectivity index is 1.38. The molecule has 2 N–H and O–H groups in total. The minimum Gasteiger partial charge on any atom is -0.508 e. The third-order valence-corrected chi connectivity index (χ3v) is 7.55. The van der Waals surface area contributed by atoms with E-state index in [-0.39, 0.29) is 11.9 Å². The van der Waals surface area contributed by atoms with E-state index in [2.05, 4.69) is 25.8 Å².